The van der Waals surface area contributed by atoms with Crippen LogP contribution in [0.25, 0.3) is 0 Å². The van der Waals surface area contributed by atoms with Crippen molar-refractivity contribution >= 4 is 5.91 Å². The number of aryl methyl sites for hydroxylation is 1. The monoisotopic (exact) mass is 287 g/mol. The molecular weight excluding hydrogens is 262 g/mol. The molecule has 1 aliphatic heterocycles. The number of nitrogens with zero attached hydrogens (tertiary/aromatic N) is 1. The largest absolute Gasteiger partial charge is 0.370 e. The van der Waals surface area contributed by atoms with E-state index in [9.17, 15) is 4.79 Å². The maximum absolute atomic E-state index is 12.5. The number of hydrogen-bond acceptors (Lipinski definition) is 2. The highest BCUT2D eigenvalue weighted by atomic mass is 16.5. The van der Waals surface area contributed by atoms with E-state index < -0.39 is 0 Å². The second-order valence-electron chi connectivity index (χ2n) is 6.46. The minimum absolute atomic E-state index is 0.0341. The molecule has 1 saturated carbocycles. The fraction of sp³-hybridized carbons (Fsp3) is 0.611. The predicted molar refractivity (Wildman–Crippen MR) is 83.0 cm³/mol. The van der Waals surface area contributed by atoms with Crippen LogP contribution in [0.1, 0.15) is 49.3 Å². The van der Waals surface area contributed by atoms with Crippen LogP contribution in [0, 0.1) is 12.8 Å². The molecule has 1 unspecified atom stereocenters. The van der Waals surface area contributed by atoms with Gasteiger partial charge in [0.25, 0.3) is 0 Å². The molecule has 3 heteroatoms. The zero-order chi connectivity index (χ0) is 14.7. The Hall–Kier alpha value is -1.35. The molecule has 1 saturated heterocycles. The Morgan fingerprint density at radius 1 is 1.24 bits per heavy atom. The molecule has 0 radical (unpaired) electrons. The molecule has 21 heavy (non-hydrogen) atoms. The number of benzene rings is 1. The van der Waals surface area contributed by atoms with Gasteiger partial charge in [-0.3, -0.25) is 4.79 Å². The number of amides is 1. The molecule has 1 aromatic rings. The van der Waals surface area contributed by atoms with Gasteiger partial charge in [-0.15, -0.1) is 0 Å². The average Bonchev–Trinajstić information content (AvgIpc) is 3.01. The summed E-state index contributed by atoms with van der Waals surface area (Å²) in [7, 11) is 0. The summed E-state index contributed by atoms with van der Waals surface area (Å²) >= 11 is 0. The summed E-state index contributed by atoms with van der Waals surface area (Å²) in [5, 5.41) is 0. The van der Waals surface area contributed by atoms with Gasteiger partial charge < -0.3 is 9.64 Å². The molecule has 0 aromatic heterocycles. The van der Waals surface area contributed by atoms with Crippen LogP contribution < -0.4 is 0 Å². The Morgan fingerprint density at radius 2 is 1.95 bits per heavy atom. The summed E-state index contributed by atoms with van der Waals surface area (Å²) < 4.78 is 5.86. The van der Waals surface area contributed by atoms with Crippen molar-refractivity contribution in [2.45, 2.75) is 45.1 Å². The lowest BCUT2D eigenvalue weighted by molar-refractivity contribution is -0.140. The molecule has 1 aliphatic carbocycles. The van der Waals surface area contributed by atoms with Crippen LogP contribution in [-0.4, -0.2) is 30.5 Å². The van der Waals surface area contributed by atoms with Crippen molar-refractivity contribution in [3.63, 3.8) is 0 Å². The van der Waals surface area contributed by atoms with Gasteiger partial charge in [-0.2, -0.15) is 0 Å². The Morgan fingerprint density at radius 3 is 2.67 bits per heavy atom. The number of carbonyl (C=O) groups is 1. The molecular formula is C18H25NO2. The lowest BCUT2D eigenvalue weighted by Crippen LogP contribution is -2.42. The van der Waals surface area contributed by atoms with Gasteiger partial charge in [-0.25, -0.2) is 0 Å². The zero-order valence-corrected chi connectivity index (χ0v) is 12.9. The quantitative estimate of drug-likeness (QED) is 0.852. The van der Waals surface area contributed by atoms with Gasteiger partial charge in [-0.05, 0) is 31.2 Å². The lowest BCUT2D eigenvalue weighted by Gasteiger charge is -2.34. The van der Waals surface area contributed by atoms with E-state index in [0.29, 0.717) is 25.0 Å². The normalized spacial score (nSPS) is 23.5. The molecule has 1 heterocycles. The van der Waals surface area contributed by atoms with Crippen molar-refractivity contribution < 1.29 is 9.53 Å². The molecule has 1 aromatic carbocycles. The summed E-state index contributed by atoms with van der Waals surface area (Å²) in [5.41, 5.74) is 2.43. The number of rotatable bonds is 3. The first-order chi connectivity index (χ1) is 10.2. The van der Waals surface area contributed by atoms with Gasteiger partial charge in [0, 0.05) is 13.0 Å². The topological polar surface area (TPSA) is 29.5 Å². The van der Waals surface area contributed by atoms with Crippen LogP contribution in [-0.2, 0) is 9.53 Å². The van der Waals surface area contributed by atoms with Crippen molar-refractivity contribution in [3.05, 3.63) is 35.4 Å². The van der Waals surface area contributed by atoms with E-state index in [2.05, 4.69) is 31.2 Å². The summed E-state index contributed by atoms with van der Waals surface area (Å²) in [6.07, 6.45) is 5.84. The second-order valence-corrected chi connectivity index (χ2v) is 6.46. The van der Waals surface area contributed by atoms with Gasteiger partial charge in [-0.1, -0.05) is 42.7 Å². The first-order valence-electron chi connectivity index (χ1n) is 8.18. The Labute approximate surface area is 127 Å². The molecule has 0 bridgehead atoms. The Kier molecular flexibility index (Phi) is 4.59. The molecule has 2 fully saturated rings. The summed E-state index contributed by atoms with van der Waals surface area (Å²) in [5.74, 6) is 0.945. The number of ether oxygens (including phenoxy) is 1. The molecule has 2 aliphatic rings. The number of hydrogen-bond donors (Lipinski definition) is 0. The maximum Gasteiger partial charge on any atom is 0.223 e. The van der Waals surface area contributed by atoms with Gasteiger partial charge in [0.15, 0.2) is 0 Å². The highest BCUT2D eigenvalue weighted by Crippen LogP contribution is 2.29. The Balaban J connectivity index is 1.59. The average molecular weight is 287 g/mol. The standard InChI is InChI=1S/C18H25NO2/c1-14-6-8-16(9-7-14)17-13-19(10-11-21-17)18(20)12-15-4-2-3-5-15/h6-9,15,17H,2-5,10-13H2,1H3. The third-order valence-corrected chi connectivity index (χ3v) is 4.81. The van der Waals surface area contributed by atoms with E-state index in [1.165, 1.54) is 36.8 Å². The zero-order valence-electron chi connectivity index (χ0n) is 12.9. The van der Waals surface area contributed by atoms with Crippen LogP contribution >= 0.6 is 0 Å². The first kappa shape index (κ1) is 14.6. The van der Waals surface area contributed by atoms with E-state index in [-0.39, 0.29) is 6.10 Å². The molecule has 3 nitrogen and oxygen atoms in total. The number of morpholine rings is 1. The second kappa shape index (κ2) is 6.61. The van der Waals surface area contributed by atoms with Crippen molar-refractivity contribution in [3.8, 4) is 0 Å². The molecule has 114 valence electrons. The molecule has 1 atom stereocenters. The van der Waals surface area contributed by atoms with E-state index in [1.54, 1.807) is 0 Å². The van der Waals surface area contributed by atoms with Gasteiger partial charge in [0.1, 0.15) is 6.10 Å². The molecule has 0 spiro atoms. The smallest absolute Gasteiger partial charge is 0.223 e. The first-order valence-corrected chi connectivity index (χ1v) is 8.18. The van der Waals surface area contributed by atoms with Crippen LogP contribution in [0.15, 0.2) is 24.3 Å². The number of carbonyl (C=O) groups excluding carboxylic acids is 1. The minimum atomic E-state index is 0.0341. The van der Waals surface area contributed by atoms with Gasteiger partial charge in [0.05, 0.1) is 13.2 Å². The molecule has 3 rings (SSSR count). The molecule has 1 amide bonds. The van der Waals surface area contributed by atoms with Crippen LogP contribution in [0.3, 0.4) is 0 Å². The summed E-state index contributed by atoms with van der Waals surface area (Å²) in [6, 6.07) is 8.45. The fourth-order valence-corrected chi connectivity index (χ4v) is 3.45. The minimum Gasteiger partial charge on any atom is -0.370 e. The highest BCUT2D eigenvalue weighted by molar-refractivity contribution is 5.76. The Bertz CT molecular complexity index is 476. The van der Waals surface area contributed by atoms with Crippen molar-refractivity contribution in [2.75, 3.05) is 19.7 Å². The van der Waals surface area contributed by atoms with Crippen LogP contribution in [0.4, 0.5) is 0 Å². The fourth-order valence-electron chi connectivity index (χ4n) is 3.45. The van der Waals surface area contributed by atoms with Crippen LogP contribution in [0.5, 0.6) is 0 Å². The third-order valence-electron chi connectivity index (χ3n) is 4.81. The van der Waals surface area contributed by atoms with E-state index >= 15 is 0 Å². The third kappa shape index (κ3) is 3.65. The molecule has 0 N–H and O–H groups in total. The summed E-state index contributed by atoms with van der Waals surface area (Å²) in [6.45, 7) is 4.18. The highest BCUT2D eigenvalue weighted by Gasteiger charge is 2.27. The van der Waals surface area contributed by atoms with Crippen molar-refractivity contribution in [1.29, 1.82) is 0 Å². The van der Waals surface area contributed by atoms with Crippen LogP contribution in [0.2, 0.25) is 0 Å². The predicted octanol–water partition coefficient (Wildman–Crippen LogP) is 3.48. The lowest BCUT2D eigenvalue weighted by atomic mass is 10.0. The maximum atomic E-state index is 12.5. The van der Waals surface area contributed by atoms with E-state index in [1.807, 2.05) is 4.90 Å². The van der Waals surface area contributed by atoms with Gasteiger partial charge >= 0.3 is 0 Å². The summed E-state index contributed by atoms with van der Waals surface area (Å²) in [4.78, 5) is 14.5. The van der Waals surface area contributed by atoms with Gasteiger partial charge in [0.2, 0.25) is 5.91 Å². The van der Waals surface area contributed by atoms with E-state index in [0.717, 1.165) is 13.0 Å². The van der Waals surface area contributed by atoms with E-state index in [4.69, 9.17) is 4.74 Å². The van der Waals surface area contributed by atoms with Crippen molar-refractivity contribution in [1.82, 2.24) is 4.90 Å². The van der Waals surface area contributed by atoms with Crippen molar-refractivity contribution in [2.24, 2.45) is 5.92 Å². The SMILES string of the molecule is Cc1ccc(C2CN(C(=O)CC3CCCC3)CCO2)cc1.